The van der Waals surface area contributed by atoms with Crippen LogP contribution in [-0.4, -0.2) is 25.8 Å². The highest BCUT2D eigenvalue weighted by Gasteiger charge is 2.10. The van der Waals surface area contributed by atoms with Crippen LogP contribution in [0.4, 0.5) is 0 Å². The third kappa shape index (κ3) is 2.10. The number of aryl methyl sites for hydroxylation is 1. The smallest absolute Gasteiger partial charge is 0.179 e. The molecule has 2 rings (SSSR count). The van der Waals surface area contributed by atoms with Crippen molar-refractivity contribution in [3.05, 3.63) is 28.0 Å². The number of ketones is 1. The first-order chi connectivity index (χ1) is 7.16. The third-order valence-corrected chi connectivity index (χ3v) is 2.88. The molecule has 0 aliphatic carbocycles. The number of carbonyl (C=O) groups excluding carboxylic acids is 1. The van der Waals surface area contributed by atoms with Crippen molar-refractivity contribution in [1.82, 2.24) is 20.0 Å². The topological polar surface area (TPSA) is 60.7 Å². The predicted molar refractivity (Wildman–Crippen MR) is 56.0 cm³/mol. The summed E-state index contributed by atoms with van der Waals surface area (Å²) in [5.41, 5.74) is 1.50. The molecule has 2 aromatic rings. The number of carbonyl (C=O) groups is 1. The van der Waals surface area contributed by atoms with Gasteiger partial charge in [0.25, 0.3) is 0 Å². The summed E-state index contributed by atoms with van der Waals surface area (Å²) in [4.78, 5) is 15.5. The average Bonchev–Trinajstić information content (AvgIpc) is 2.75. The largest absolute Gasteiger partial charge is 0.293 e. The summed E-state index contributed by atoms with van der Waals surface area (Å²) in [5, 5.41) is 10.5. The number of Topliss-reactive ketones (excluding diaryl/α,β-unsaturated/α-hetero) is 1. The zero-order chi connectivity index (χ0) is 10.8. The molecular formula is C9H10N4OS. The Morgan fingerprint density at radius 3 is 3.00 bits per heavy atom. The second kappa shape index (κ2) is 3.90. The maximum atomic E-state index is 11.2. The van der Waals surface area contributed by atoms with E-state index in [1.54, 1.807) is 16.0 Å². The highest BCUT2D eigenvalue weighted by Crippen LogP contribution is 2.11. The van der Waals surface area contributed by atoms with Gasteiger partial charge in [0.15, 0.2) is 5.78 Å². The second-order valence-electron chi connectivity index (χ2n) is 3.22. The fourth-order valence-electron chi connectivity index (χ4n) is 1.25. The van der Waals surface area contributed by atoms with Crippen molar-refractivity contribution in [3.8, 4) is 0 Å². The van der Waals surface area contributed by atoms with Crippen LogP contribution in [0.25, 0.3) is 0 Å². The van der Waals surface area contributed by atoms with E-state index in [0.29, 0.717) is 12.2 Å². The number of aromatic nitrogens is 4. The molecule has 0 atom stereocenters. The van der Waals surface area contributed by atoms with Crippen LogP contribution < -0.4 is 0 Å². The Labute approximate surface area is 90.8 Å². The lowest BCUT2D eigenvalue weighted by Crippen LogP contribution is -2.09. The van der Waals surface area contributed by atoms with E-state index in [1.165, 1.54) is 13.1 Å². The molecule has 2 heterocycles. The molecule has 6 heteroatoms. The minimum Gasteiger partial charge on any atom is -0.293 e. The normalized spacial score (nSPS) is 10.5. The quantitative estimate of drug-likeness (QED) is 0.734. The first kappa shape index (κ1) is 9.97. The lowest BCUT2D eigenvalue weighted by atomic mass is 10.3. The van der Waals surface area contributed by atoms with Gasteiger partial charge in [0.1, 0.15) is 10.7 Å². The number of rotatable bonds is 3. The monoisotopic (exact) mass is 222 g/mol. The van der Waals surface area contributed by atoms with Gasteiger partial charge in [0.2, 0.25) is 0 Å². The van der Waals surface area contributed by atoms with Crippen LogP contribution in [0, 0.1) is 6.92 Å². The third-order valence-electron chi connectivity index (χ3n) is 1.93. The first-order valence-electron chi connectivity index (χ1n) is 4.47. The van der Waals surface area contributed by atoms with E-state index in [4.69, 9.17) is 0 Å². The van der Waals surface area contributed by atoms with E-state index in [0.717, 1.165) is 10.7 Å². The van der Waals surface area contributed by atoms with Gasteiger partial charge >= 0.3 is 0 Å². The Morgan fingerprint density at radius 1 is 1.60 bits per heavy atom. The van der Waals surface area contributed by atoms with Crippen molar-refractivity contribution < 1.29 is 4.79 Å². The Bertz CT molecular complexity index is 488. The summed E-state index contributed by atoms with van der Waals surface area (Å²) in [5.74, 6) is -0.0340. The van der Waals surface area contributed by atoms with Crippen LogP contribution in [0.15, 0.2) is 11.6 Å². The van der Waals surface area contributed by atoms with E-state index in [2.05, 4.69) is 15.3 Å². The fraction of sp³-hybridized carbons (Fsp3) is 0.333. The molecule has 0 saturated heterocycles. The first-order valence-corrected chi connectivity index (χ1v) is 5.35. The molecule has 0 spiro atoms. The van der Waals surface area contributed by atoms with Crippen LogP contribution in [-0.2, 0) is 6.54 Å². The number of hydrogen-bond acceptors (Lipinski definition) is 5. The maximum absolute atomic E-state index is 11.2. The molecule has 0 saturated carbocycles. The molecule has 0 aromatic carbocycles. The molecule has 0 amide bonds. The van der Waals surface area contributed by atoms with E-state index < -0.39 is 0 Å². The van der Waals surface area contributed by atoms with Crippen molar-refractivity contribution in [1.29, 1.82) is 0 Å². The van der Waals surface area contributed by atoms with E-state index >= 15 is 0 Å². The van der Waals surface area contributed by atoms with Crippen molar-refractivity contribution in [2.45, 2.75) is 20.4 Å². The molecule has 2 aromatic heterocycles. The molecule has 0 N–H and O–H groups in total. The van der Waals surface area contributed by atoms with Gasteiger partial charge in [-0.1, -0.05) is 5.21 Å². The van der Waals surface area contributed by atoms with Crippen molar-refractivity contribution in [3.63, 3.8) is 0 Å². The molecular weight excluding hydrogens is 212 g/mol. The zero-order valence-corrected chi connectivity index (χ0v) is 9.28. The molecule has 0 unspecified atom stereocenters. The van der Waals surface area contributed by atoms with E-state index in [-0.39, 0.29) is 5.78 Å². The minimum atomic E-state index is -0.0340. The van der Waals surface area contributed by atoms with Gasteiger partial charge in [-0.05, 0) is 6.92 Å². The van der Waals surface area contributed by atoms with Crippen LogP contribution in [0.2, 0.25) is 0 Å². The summed E-state index contributed by atoms with van der Waals surface area (Å²) in [6.07, 6.45) is 1.47. The van der Waals surface area contributed by atoms with E-state index in [9.17, 15) is 4.79 Å². The summed E-state index contributed by atoms with van der Waals surface area (Å²) in [6, 6.07) is 0. The maximum Gasteiger partial charge on any atom is 0.179 e. The Balaban J connectivity index is 2.24. The Hall–Kier alpha value is -1.56. The van der Waals surface area contributed by atoms with E-state index in [1.807, 2.05) is 12.3 Å². The summed E-state index contributed by atoms with van der Waals surface area (Å²) in [7, 11) is 0. The number of hydrogen-bond donors (Lipinski definition) is 0. The second-order valence-corrected chi connectivity index (χ2v) is 4.16. The van der Waals surface area contributed by atoms with Gasteiger partial charge in [-0.3, -0.25) is 4.79 Å². The highest BCUT2D eigenvalue weighted by atomic mass is 32.1. The number of thiazole rings is 1. The van der Waals surface area contributed by atoms with Crippen molar-refractivity contribution in [2.75, 3.05) is 0 Å². The van der Waals surface area contributed by atoms with Gasteiger partial charge < -0.3 is 0 Å². The summed E-state index contributed by atoms with van der Waals surface area (Å²) in [6.45, 7) is 3.95. The van der Waals surface area contributed by atoms with Crippen LogP contribution in [0.1, 0.15) is 28.1 Å². The minimum absolute atomic E-state index is 0.0340. The Morgan fingerprint density at radius 2 is 2.40 bits per heavy atom. The highest BCUT2D eigenvalue weighted by molar-refractivity contribution is 7.09. The number of nitrogens with zero attached hydrogens (tertiary/aromatic N) is 4. The predicted octanol–water partition coefficient (Wildman–Crippen LogP) is 1.29. The molecule has 15 heavy (non-hydrogen) atoms. The summed E-state index contributed by atoms with van der Waals surface area (Å²) >= 11 is 1.56. The summed E-state index contributed by atoms with van der Waals surface area (Å²) < 4.78 is 1.57. The SMILES string of the molecule is CC(=O)c1cnnn1Cc1nc(C)cs1. The molecule has 78 valence electrons. The average molecular weight is 222 g/mol. The molecule has 0 bridgehead atoms. The van der Waals surface area contributed by atoms with Crippen molar-refractivity contribution >= 4 is 17.1 Å². The lowest BCUT2D eigenvalue weighted by Gasteiger charge is -1.99. The van der Waals surface area contributed by atoms with Crippen LogP contribution in [0.3, 0.4) is 0 Å². The van der Waals surface area contributed by atoms with Crippen LogP contribution in [0.5, 0.6) is 0 Å². The molecule has 0 aliphatic rings. The van der Waals surface area contributed by atoms with Crippen LogP contribution >= 0.6 is 11.3 Å². The standard InChI is InChI=1S/C9H10N4OS/c1-6-5-15-9(11-6)4-13-8(7(2)14)3-10-12-13/h3,5H,4H2,1-2H3. The lowest BCUT2D eigenvalue weighted by molar-refractivity contribution is 0.100. The Kier molecular flexibility index (Phi) is 2.59. The molecule has 0 fully saturated rings. The van der Waals surface area contributed by atoms with Gasteiger partial charge in [0, 0.05) is 18.0 Å². The van der Waals surface area contributed by atoms with Gasteiger partial charge in [-0.25, -0.2) is 9.67 Å². The van der Waals surface area contributed by atoms with Crippen molar-refractivity contribution in [2.24, 2.45) is 0 Å². The van der Waals surface area contributed by atoms with Gasteiger partial charge in [0.05, 0.1) is 12.7 Å². The zero-order valence-electron chi connectivity index (χ0n) is 8.47. The molecule has 0 radical (unpaired) electrons. The fourth-order valence-corrected chi connectivity index (χ4v) is 2.00. The molecule has 0 aliphatic heterocycles. The van der Waals surface area contributed by atoms with Gasteiger partial charge in [-0.15, -0.1) is 16.4 Å². The van der Waals surface area contributed by atoms with Gasteiger partial charge in [-0.2, -0.15) is 0 Å². The molecule has 5 nitrogen and oxygen atoms in total.